The van der Waals surface area contributed by atoms with Gasteiger partial charge < -0.3 is 5.32 Å². The average molecular weight is 226 g/mol. The molecule has 0 saturated carbocycles. The van der Waals surface area contributed by atoms with Gasteiger partial charge in [0.25, 0.3) is 0 Å². The number of benzene rings is 1. The Morgan fingerprint density at radius 1 is 1.20 bits per heavy atom. The van der Waals surface area contributed by atoms with Crippen LogP contribution in [0.15, 0.2) is 24.3 Å². The third-order valence-corrected chi connectivity index (χ3v) is 2.70. The van der Waals surface area contributed by atoms with Gasteiger partial charge in [-0.2, -0.15) is 0 Å². The molecular formula is C13H20ClN. The van der Waals surface area contributed by atoms with Gasteiger partial charge in [-0.25, -0.2) is 0 Å². The minimum Gasteiger partial charge on any atom is -0.385 e. The Labute approximate surface area is 97.8 Å². The maximum absolute atomic E-state index is 5.72. The van der Waals surface area contributed by atoms with Crippen molar-refractivity contribution in [1.82, 2.24) is 0 Å². The smallest absolute Gasteiger partial charge is 0.0474 e. The van der Waals surface area contributed by atoms with Gasteiger partial charge in [0.05, 0.1) is 0 Å². The zero-order valence-electron chi connectivity index (χ0n) is 9.59. The summed E-state index contributed by atoms with van der Waals surface area (Å²) in [5.41, 5.74) is 2.36. The predicted octanol–water partition coefficient (Wildman–Crippen LogP) is 4.27. The Morgan fingerprint density at radius 3 is 2.40 bits per heavy atom. The van der Waals surface area contributed by atoms with Crippen molar-refractivity contribution in [2.45, 2.75) is 32.6 Å². The van der Waals surface area contributed by atoms with Crippen molar-refractivity contribution < 1.29 is 0 Å². The molecule has 0 fully saturated rings. The molecule has 1 rings (SSSR count). The van der Waals surface area contributed by atoms with Crippen LogP contribution < -0.4 is 5.32 Å². The lowest BCUT2D eigenvalue weighted by Crippen LogP contribution is -2.02. The molecule has 0 radical (unpaired) electrons. The molecule has 0 aliphatic rings. The standard InChI is InChI=1S/C13H20ClN/c1-11(2)4-3-9-15-13-7-5-12(10-14)6-8-13/h5-8,11,15H,3-4,9-10H2,1-2H3. The van der Waals surface area contributed by atoms with E-state index in [9.17, 15) is 0 Å². The lowest BCUT2D eigenvalue weighted by atomic mass is 10.1. The summed E-state index contributed by atoms with van der Waals surface area (Å²) in [7, 11) is 0. The molecule has 0 amide bonds. The van der Waals surface area contributed by atoms with Crippen LogP contribution in [0.1, 0.15) is 32.3 Å². The van der Waals surface area contributed by atoms with Gasteiger partial charge >= 0.3 is 0 Å². The fourth-order valence-corrected chi connectivity index (χ4v) is 1.63. The van der Waals surface area contributed by atoms with E-state index in [2.05, 4.69) is 43.4 Å². The van der Waals surface area contributed by atoms with E-state index in [1.54, 1.807) is 0 Å². The first-order valence-electron chi connectivity index (χ1n) is 5.61. The summed E-state index contributed by atoms with van der Waals surface area (Å²) in [4.78, 5) is 0. The van der Waals surface area contributed by atoms with Crippen molar-refractivity contribution in [3.05, 3.63) is 29.8 Å². The molecule has 0 unspecified atom stereocenters. The molecular weight excluding hydrogens is 206 g/mol. The lowest BCUT2D eigenvalue weighted by Gasteiger charge is -2.08. The zero-order chi connectivity index (χ0) is 11.1. The summed E-state index contributed by atoms with van der Waals surface area (Å²) >= 11 is 5.72. The Kier molecular flexibility index (Phi) is 5.56. The summed E-state index contributed by atoms with van der Waals surface area (Å²) in [6.07, 6.45) is 2.52. The summed E-state index contributed by atoms with van der Waals surface area (Å²) in [6, 6.07) is 8.32. The number of halogens is 1. The van der Waals surface area contributed by atoms with Gasteiger partial charge in [0.2, 0.25) is 0 Å². The largest absolute Gasteiger partial charge is 0.385 e. The number of hydrogen-bond acceptors (Lipinski definition) is 1. The van der Waals surface area contributed by atoms with Gasteiger partial charge in [0, 0.05) is 18.1 Å². The van der Waals surface area contributed by atoms with Gasteiger partial charge in [-0.05, 0) is 36.5 Å². The molecule has 0 saturated heterocycles. The van der Waals surface area contributed by atoms with E-state index in [1.807, 2.05) is 0 Å². The SMILES string of the molecule is CC(C)CCCNc1ccc(CCl)cc1. The molecule has 0 bridgehead atoms. The average Bonchev–Trinajstić information content (AvgIpc) is 2.25. The molecule has 2 heteroatoms. The second-order valence-corrected chi connectivity index (χ2v) is 4.56. The zero-order valence-corrected chi connectivity index (χ0v) is 10.3. The lowest BCUT2D eigenvalue weighted by molar-refractivity contribution is 0.567. The van der Waals surface area contributed by atoms with Crippen LogP contribution in [0.2, 0.25) is 0 Å². The number of nitrogens with one attached hydrogen (secondary N) is 1. The highest BCUT2D eigenvalue weighted by Crippen LogP contribution is 2.11. The summed E-state index contributed by atoms with van der Waals surface area (Å²) in [6.45, 7) is 5.57. The highest BCUT2D eigenvalue weighted by molar-refractivity contribution is 6.17. The van der Waals surface area contributed by atoms with Crippen molar-refractivity contribution in [3.63, 3.8) is 0 Å². The molecule has 0 aliphatic carbocycles. The highest BCUT2D eigenvalue weighted by Gasteiger charge is 1.95. The quantitative estimate of drug-likeness (QED) is 0.563. The normalized spacial score (nSPS) is 10.7. The molecule has 0 heterocycles. The van der Waals surface area contributed by atoms with Crippen molar-refractivity contribution in [2.75, 3.05) is 11.9 Å². The van der Waals surface area contributed by atoms with Crippen molar-refractivity contribution in [1.29, 1.82) is 0 Å². The Morgan fingerprint density at radius 2 is 1.87 bits per heavy atom. The second kappa shape index (κ2) is 6.73. The second-order valence-electron chi connectivity index (χ2n) is 4.29. The molecule has 84 valence electrons. The predicted molar refractivity (Wildman–Crippen MR) is 68.6 cm³/mol. The number of anilines is 1. The van der Waals surface area contributed by atoms with Crippen LogP contribution >= 0.6 is 11.6 Å². The molecule has 0 aliphatic heterocycles. The monoisotopic (exact) mass is 225 g/mol. The summed E-state index contributed by atoms with van der Waals surface area (Å²) < 4.78 is 0. The van der Waals surface area contributed by atoms with Gasteiger partial charge in [0.15, 0.2) is 0 Å². The molecule has 0 aromatic heterocycles. The third-order valence-electron chi connectivity index (χ3n) is 2.40. The minimum absolute atomic E-state index is 0.591. The first kappa shape index (κ1) is 12.4. The van der Waals surface area contributed by atoms with Crippen LogP contribution in [0, 0.1) is 5.92 Å². The van der Waals surface area contributed by atoms with Crippen LogP contribution in [0.5, 0.6) is 0 Å². The van der Waals surface area contributed by atoms with E-state index in [4.69, 9.17) is 11.6 Å². The minimum atomic E-state index is 0.591. The highest BCUT2D eigenvalue weighted by atomic mass is 35.5. The Bertz CT molecular complexity index is 266. The number of rotatable bonds is 6. The van der Waals surface area contributed by atoms with Crippen molar-refractivity contribution >= 4 is 17.3 Å². The fourth-order valence-electron chi connectivity index (χ4n) is 1.45. The van der Waals surface area contributed by atoms with E-state index in [0.717, 1.165) is 12.5 Å². The van der Waals surface area contributed by atoms with E-state index in [-0.39, 0.29) is 0 Å². The first-order chi connectivity index (χ1) is 7.22. The van der Waals surface area contributed by atoms with Crippen molar-refractivity contribution in [2.24, 2.45) is 5.92 Å². The Hall–Kier alpha value is -0.690. The van der Waals surface area contributed by atoms with Crippen LogP contribution in [-0.2, 0) is 5.88 Å². The summed E-state index contributed by atoms with van der Waals surface area (Å²) in [5, 5.41) is 3.41. The maximum atomic E-state index is 5.72. The van der Waals surface area contributed by atoms with E-state index < -0.39 is 0 Å². The van der Waals surface area contributed by atoms with Crippen LogP contribution in [0.25, 0.3) is 0 Å². The van der Waals surface area contributed by atoms with Gasteiger partial charge in [-0.3, -0.25) is 0 Å². The molecule has 0 atom stereocenters. The summed E-state index contributed by atoms with van der Waals surface area (Å²) in [5.74, 6) is 1.39. The number of alkyl halides is 1. The van der Waals surface area contributed by atoms with E-state index >= 15 is 0 Å². The molecule has 1 aromatic rings. The van der Waals surface area contributed by atoms with Crippen LogP contribution in [0.4, 0.5) is 5.69 Å². The molecule has 1 N–H and O–H groups in total. The fraction of sp³-hybridized carbons (Fsp3) is 0.538. The number of hydrogen-bond donors (Lipinski definition) is 1. The molecule has 0 spiro atoms. The van der Waals surface area contributed by atoms with E-state index in [1.165, 1.54) is 24.1 Å². The third kappa shape index (κ3) is 5.08. The van der Waals surface area contributed by atoms with E-state index in [0.29, 0.717) is 5.88 Å². The molecule has 15 heavy (non-hydrogen) atoms. The first-order valence-corrected chi connectivity index (χ1v) is 6.14. The van der Waals surface area contributed by atoms with Crippen LogP contribution in [0.3, 0.4) is 0 Å². The van der Waals surface area contributed by atoms with Gasteiger partial charge in [-0.15, -0.1) is 11.6 Å². The topological polar surface area (TPSA) is 12.0 Å². The van der Waals surface area contributed by atoms with Gasteiger partial charge in [-0.1, -0.05) is 26.0 Å². The maximum Gasteiger partial charge on any atom is 0.0474 e. The molecule has 1 aromatic carbocycles. The Balaban J connectivity index is 2.25. The molecule has 1 nitrogen and oxygen atoms in total. The van der Waals surface area contributed by atoms with Crippen LogP contribution in [-0.4, -0.2) is 6.54 Å². The van der Waals surface area contributed by atoms with Gasteiger partial charge in [0.1, 0.15) is 0 Å². The van der Waals surface area contributed by atoms with Crippen molar-refractivity contribution in [3.8, 4) is 0 Å².